The van der Waals surface area contributed by atoms with Gasteiger partial charge in [-0.2, -0.15) is 0 Å². The molecule has 0 amide bonds. The van der Waals surface area contributed by atoms with Crippen LogP contribution in [0.25, 0.3) is 5.57 Å². The molecule has 1 heteroatoms. The molecule has 0 unspecified atom stereocenters. The molecule has 1 aromatic rings. The summed E-state index contributed by atoms with van der Waals surface area (Å²) in [6.07, 6.45) is 3.08. The first-order valence-corrected chi connectivity index (χ1v) is 4.41. The van der Waals surface area contributed by atoms with Crippen LogP contribution in [0.2, 0.25) is 0 Å². The first-order valence-electron chi connectivity index (χ1n) is 4.41. The number of hydrogen-bond acceptors (Lipinski definition) is 1. The lowest BCUT2D eigenvalue weighted by Crippen LogP contribution is -1.76. The van der Waals surface area contributed by atoms with E-state index in [2.05, 4.69) is 26.0 Å². The quantitative estimate of drug-likeness (QED) is 0.651. The summed E-state index contributed by atoms with van der Waals surface area (Å²) in [5.74, 6) is 2.10. The standard InChI is InChI=1S/C11H16O/c1-5-8(3)11-7-10(6-2)12-9(11)4/h5,7H,6H2,1-4H3/b8-5-. The van der Waals surface area contributed by atoms with Gasteiger partial charge in [0.15, 0.2) is 0 Å². The summed E-state index contributed by atoms with van der Waals surface area (Å²) in [5.41, 5.74) is 2.53. The maximum atomic E-state index is 5.55. The van der Waals surface area contributed by atoms with E-state index in [0.717, 1.165) is 17.9 Å². The van der Waals surface area contributed by atoms with E-state index in [9.17, 15) is 0 Å². The van der Waals surface area contributed by atoms with Crippen molar-refractivity contribution in [2.45, 2.75) is 34.1 Å². The van der Waals surface area contributed by atoms with E-state index in [1.165, 1.54) is 11.1 Å². The van der Waals surface area contributed by atoms with Gasteiger partial charge in [0, 0.05) is 12.0 Å². The van der Waals surface area contributed by atoms with Crippen molar-refractivity contribution in [2.75, 3.05) is 0 Å². The van der Waals surface area contributed by atoms with Gasteiger partial charge in [0.2, 0.25) is 0 Å². The molecule has 0 radical (unpaired) electrons. The summed E-state index contributed by atoms with van der Waals surface area (Å²) in [4.78, 5) is 0. The molecule has 0 saturated heterocycles. The van der Waals surface area contributed by atoms with Gasteiger partial charge < -0.3 is 4.42 Å². The van der Waals surface area contributed by atoms with Crippen molar-refractivity contribution in [3.63, 3.8) is 0 Å². The van der Waals surface area contributed by atoms with Crippen LogP contribution in [0.3, 0.4) is 0 Å². The lowest BCUT2D eigenvalue weighted by molar-refractivity contribution is 0.488. The van der Waals surface area contributed by atoms with Crippen molar-refractivity contribution < 1.29 is 4.42 Å². The van der Waals surface area contributed by atoms with E-state index in [1.807, 2.05) is 13.8 Å². The molecule has 0 aliphatic rings. The molecule has 12 heavy (non-hydrogen) atoms. The molecule has 0 aliphatic heterocycles. The Kier molecular flexibility index (Phi) is 2.74. The molecule has 0 bridgehead atoms. The lowest BCUT2D eigenvalue weighted by Gasteiger charge is -1.94. The topological polar surface area (TPSA) is 13.1 Å². The normalized spacial score (nSPS) is 12.2. The SMILES string of the molecule is C/C=C(/C)c1cc(CC)oc1C. The maximum absolute atomic E-state index is 5.55. The number of allylic oxidation sites excluding steroid dienone is 2. The first-order chi connectivity index (χ1) is 5.69. The zero-order valence-corrected chi connectivity index (χ0v) is 8.27. The third-order valence-corrected chi connectivity index (χ3v) is 2.18. The Bertz CT molecular complexity index is 292. The molecule has 66 valence electrons. The minimum atomic E-state index is 0.970. The van der Waals surface area contributed by atoms with Gasteiger partial charge in [0.1, 0.15) is 11.5 Å². The first kappa shape index (κ1) is 9.11. The summed E-state index contributed by atoms with van der Waals surface area (Å²) < 4.78 is 5.55. The zero-order chi connectivity index (χ0) is 9.14. The van der Waals surface area contributed by atoms with E-state index in [1.54, 1.807) is 0 Å². The predicted molar refractivity (Wildman–Crippen MR) is 52.1 cm³/mol. The average molecular weight is 164 g/mol. The van der Waals surface area contributed by atoms with Crippen LogP contribution < -0.4 is 0 Å². The molecular weight excluding hydrogens is 148 g/mol. The monoisotopic (exact) mass is 164 g/mol. The van der Waals surface area contributed by atoms with Crippen molar-refractivity contribution in [2.24, 2.45) is 0 Å². The minimum absolute atomic E-state index is 0.970. The van der Waals surface area contributed by atoms with Crippen LogP contribution in [0.4, 0.5) is 0 Å². The Hall–Kier alpha value is -0.980. The van der Waals surface area contributed by atoms with Crippen LogP contribution in [-0.2, 0) is 6.42 Å². The number of furan rings is 1. The van der Waals surface area contributed by atoms with Gasteiger partial charge in [-0.3, -0.25) is 0 Å². The van der Waals surface area contributed by atoms with Crippen LogP contribution >= 0.6 is 0 Å². The average Bonchev–Trinajstić information content (AvgIpc) is 2.45. The third kappa shape index (κ3) is 1.60. The molecule has 0 aromatic carbocycles. The third-order valence-electron chi connectivity index (χ3n) is 2.18. The van der Waals surface area contributed by atoms with Crippen LogP contribution in [0.15, 0.2) is 16.6 Å². The fraction of sp³-hybridized carbons (Fsp3) is 0.455. The number of hydrogen-bond donors (Lipinski definition) is 0. The van der Waals surface area contributed by atoms with Gasteiger partial charge in [-0.15, -0.1) is 0 Å². The molecule has 0 aliphatic carbocycles. The molecule has 0 atom stereocenters. The Morgan fingerprint density at radius 1 is 1.58 bits per heavy atom. The molecule has 0 saturated carbocycles. The molecule has 0 spiro atoms. The number of rotatable bonds is 2. The fourth-order valence-corrected chi connectivity index (χ4v) is 1.26. The molecule has 1 nitrogen and oxygen atoms in total. The minimum Gasteiger partial charge on any atom is -0.466 e. The van der Waals surface area contributed by atoms with Crippen LogP contribution in [0.1, 0.15) is 37.9 Å². The van der Waals surface area contributed by atoms with Gasteiger partial charge in [0.25, 0.3) is 0 Å². The Balaban J connectivity index is 3.08. The highest BCUT2D eigenvalue weighted by molar-refractivity contribution is 5.65. The summed E-state index contributed by atoms with van der Waals surface area (Å²) in [7, 11) is 0. The van der Waals surface area contributed by atoms with Gasteiger partial charge in [-0.25, -0.2) is 0 Å². The maximum Gasteiger partial charge on any atom is 0.108 e. The molecule has 1 aromatic heterocycles. The molecule has 1 heterocycles. The summed E-state index contributed by atoms with van der Waals surface area (Å²) in [6.45, 7) is 8.28. The van der Waals surface area contributed by atoms with Crippen molar-refractivity contribution >= 4 is 5.57 Å². The second-order valence-corrected chi connectivity index (χ2v) is 3.01. The van der Waals surface area contributed by atoms with Crippen LogP contribution in [0.5, 0.6) is 0 Å². The Labute approximate surface area is 74.1 Å². The van der Waals surface area contributed by atoms with E-state index < -0.39 is 0 Å². The summed E-state index contributed by atoms with van der Waals surface area (Å²) >= 11 is 0. The van der Waals surface area contributed by atoms with Crippen molar-refractivity contribution in [1.29, 1.82) is 0 Å². The van der Waals surface area contributed by atoms with E-state index in [0.29, 0.717) is 0 Å². The van der Waals surface area contributed by atoms with Gasteiger partial charge in [-0.1, -0.05) is 13.0 Å². The smallest absolute Gasteiger partial charge is 0.108 e. The molecular formula is C11H16O. The zero-order valence-electron chi connectivity index (χ0n) is 8.27. The van der Waals surface area contributed by atoms with Gasteiger partial charge in [0.05, 0.1) is 0 Å². The highest BCUT2D eigenvalue weighted by Gasteiger charge is 2.06. The second-order valence-electron chi connectivity index (χ2n) is 3.01. The molecule has 0 N–H and O–H groups in total. The Morgan fingerprint density at radius 2 is 2.25 bits per heavy atom. The molecule has 0 fully saturated rings. The van der Waals surface area contributed by atoms with Crippen molar-refractivity contribution in [1.82, 2.24) is 0 Å². The summed E-state index contributed by atoms with van der Waals surface area (Å²) in [5, 5.41) is 0. The van der Waals surface area contributed by atoms with Crippen molar-refractivity contribution in [3.05, 3.63) is 29.2 Å². The molecule has 1 rings (SSSR count). The van der Waals surface area contributed by atoms with Crippen LogP contribution in [-0.4, -0.2) is 0 Å². The van der Waals surface area contributed by atoms with Crippen molar-refractivity contribution in [3.8, 4) is 0 Å². The highest BCUT2D eigenvalue weighted by atomic mass is 16.3. The van der Waals surface area contributed by atoms with Gasteiger partial charge >= 0.3 is 0 Å². The fourth-order valence-electron chi connectivity index (χ4n) is 1.26. The predicted octanol–water partition coefficient (Wildman–Crippen LogP) is 3.57. The van der Waals surface area contributed by atoms with E-state index >= 15 is 0 Å². The van der Waals surface area contributed by atoms with E-state index in [4.69, 9.17) is 4.42 Å². The number of aryl methyl sites for hydroxylation is 2. The lowest BCUT2D eigenvalue weighted by atomic mass is 10.1. The van der Waals surface area contributed by atoms with E-state index in [-0.39, 0.29) is 0 Å². The largest absolute Gasteiger partial charge is 0.466 e. The van der Waals surface area contributed by atoms with Gasteiger partial charge in [-0.05, 0) is 32.4 Å². The Morgan fingerprint density at radius 3 is 2.67 bits per heavy atom. The van der Waals surface area contributed by atoms with Crippen LogP contribution in [0, 0.1) is 6.92 Å². The summed E-state index contributed by atoms with van der Waals surface area (Å²) in [6, 6.07) is 2.13. The highest BCUT2D eigenvalue weighted by Crippen LogP contribution is 2.22. The second kappa shape index (κ2) is 3.61.